The second kappa shape index (κ2) is 4.49. The normalized spacial score (nSPS) is 10.5. The third-order valence-corrected chi connectivity index (χ3v) is 2.98. The number of nitrogens with one attached hydrogen (secondary N) is 2. The van der Waals surface area contributed by atoms with E-state index >= 15 is 0 Å². The lowest BCUT2D eigenvalue weighted by molar-refractivity contribution is 0.209. The summed E-state index contributed by atoms with van der Waals surface area (Å²) in [6, 6.07) is 8.07. The molecule has 4 nitrogen and oxygen atoms in total. The van der Waals surface area contributed by atoms with E-state index in [1.54, 1.807) is 19.0 Å². The minimum atomic E-state index is -0.0744. The molecule has 0 fully saturated rings. The van der Waals surface area contributed by atoms with Gasteiger partial charge in [0.1, 0.15) is 0 Å². The van der Waals surface area contributed by atoms with Gasteiger partial charge in [-0.15, -0.1) is 0 Å². The number of amides is 2. The summed E-state index contributed by atoms with van der Waals surface area (Å²) in [6.07, 6.45) is 0. The molecule has 0 aliphatic heterocycles. The highest BCUT2D eigenvalue weighted by molar-refractivity contribution is 5.85. The molecule has 0 unspecified atom stereocenters. The highest BCUT2D eigenvalue weighted by Crippen LogP contribution is 2.22. The average Bonchev–Trinajstić information content (AvgIpc) is 2.65. The number of benzene rings is 1. The number of carbonyl (C=O) groups is 1. The number of aryl methyl sites for hydroxylation is 1. The quantitative estimate of drug-likeness (QED) is 0.818. The number of rotatable bonds is 2. The van der Waals surface area contributed by atoms with Crippen molar-refractivity contribution in [2.24, 2.45) is 0 Å². The molecule has 90 valence electrons. The van der Waals surface area contributed by atoms with Crippen molar-refractivity contribution in [3.63, 3.8) is 0 Å². The summed E-state index contributed by atoms with van der Waals surface area (Å²) in [5, 5.41) is 3.80. The first-order valence-electron chi connectivity index (χ1n) is 5.62. The molecule has 0 radical (unpaired) electrons. The van der Waals surface area contributed by atoms with Gasteiger partial charge in [0.05, 0.1) is 0 Å². The van der Waals surface area contributed by atoms with Crippen LogP contribution in [0.4, 0.5) is 4.79 Å². The third kappa shape index (κ3) is 2.11. The van der Waals surface area contributed by atoms with Crippen LogP contribution in [-0.4, -0.2) is 30.0 Å². The van der Waals surface area contributed by atoms with Gasteiger partial charge in [0, 0.05) is 37.2 Å². The molecule has 1 aromatic heterocycles. The van der Waals surface area contributed by atoms with Crippen LogP contribution in [0.1, 0.15) is 11.3 Å². The maximum atomic E-state index is 11.5. The topological polar surface area (TPSA) is 48.1 Å². The number of aromatic amines is 1. The molecule has 0 saturated heterocycles. The van der Waals surface area contributed by atoms with Crippen molar-refractivity contribution in [1.29, 1.82) is 0 Å². The Hall–Kier alpha value is -1.97. The standard InChI is InChI=1S/C13H17N3O/c1-9-11(8-16(3)13(17)14-2)10-6-4-5-7-12(10)15-9/h4-7,15H,8H2,1-3H3,(H,14,17). The smallest absolute Gasteiger partial charge is 0.317 e. The van der Waals surface area contributed by atoms with E-state index < -0.39 is 0 Å². The van der Waals surface area contributed by atoms with Crippen LogP contribution in [0.2, 0.25) is 0 Å². The van der Waals surface area contributed by atoms with Crippen molar-refractivity contribution >= 4 is 16.9 Å². The van der Waals surface area contributed by atoms with Crippen LogP contribution >= 0.6 is 0 Å². The Morgan fingerprint density at radius 3 is 2.82 bits per heavy atom. The molecule has 0 spiro atoms. The summed E-state index contributed by atoms with van der Waals surface area (Å²) in [5.74, 6) is 0. The van der Waals surface area contributed by atoms with E-state index in [4.69, 9.17) is 0 Å². The molecule has 2 N–H and O–H groups in total. The van der Waals surface area contributed by atoms with Crippen LogP contribution in [-0.2, 0) is 6.54 Å². The number of aromatic nitrogens is 1. The van der Waals surface area contributed by atoms with Crippen molar-refractivity contribution in [3.8, 4) is 0 Å². The fraction of sp³-hybridized carbons (Fsp3) is 0.308. The fourth-order valence-corrected chi connectivity index (χ4v) is 2.04. The van der Waals surface area contributed by atoms with E-state index in [0.29, 0.717) is 6.54 Å². The Morgan fingerprint density at radius 1 is 1.41 bits per heavy atom. The van der Waals surface area contributed by atoms with Gasteiger partial charge in [-0.05, 0) is 18.6 Å². The van der Waals surface area contributed by atoms with Crippen LogP contribution in [0.3, 0.4) is 0 Å². The van der Waals surface area contributed by atoms with Gasteiger partial charge in [-0.2, -0.15) is 0 Å². The predicted octanol–water partition coefficient (Wildman–Crippen LogP) is 2.25. The maximum absolute atomic E-state index is 11.5. The van der Waals surface area contributed by atoms with Crippen LogP contribution in [0.5, 0.6) is 0 Å². The molecule has 0 saturated carbocycles. The van der Waals surface area contributed by atoms with Gasteiger partial charge in [0.15, 0.2) is 0 Å². The molecule has 4 heteroatoms. The SMILES string of the molecule is CNC(=O)N(C)Cc1c(C)[nH]c2ccccc12. The first kappa shape index (κ1) is 11.5. The van der Waals surface area contributed by atoms with Crippen LogP contribution < -0.4 is 5.32 Å². The van der Waals surface area contributed by atoms with Crippen LogP contribution in [0.15, 0.2) is 24.3 Å². The summed E-state index contributed by atoms with van der Waals surface area (Å²) in [6.45, 7) is 2.64. The zero-order chi connectivity index (χ0) is 12.4. The number of H-pyrrole nitrogens is 1. The molecular formula is C13H17N3O. The summed E-state index contributed by atoms with van der Waals surface area (Å²) < 4.78 is 0. The number of fused-ring (bicyclic) bond motifs is 1. The van der Waals surface area contributed by atoms with Gasteiger partial charge in [0.25, 0.3) is 0 Å². The minimum Gasteiger partial charge on any atom is -0.358 e. The number of para-hydroxylation sites is 1. The molecule has 2 amide bonds. The number of carbonyl (C=O) groups excluding carboxylic acids is 1. The summed E-state index contributed by atoms with van der Waals surface area (Å²) >= 11 is 0. The lowest BCUT2D eigenvalue weighted by Crippen LogP contribution is -2.34. The van der Waals surface area contributed by atoms with E-state index in [2.05, 4.69) is 16.4 Å². The van der Waals surface area contributed by atoms with Crippen molar-refractivity contribution < 1.29 is 4.79 Å². The first-order chi connectivity index (χ1) is 8.13. The molecule has 0 atom stereocenters. The molecule has 0 aliphatic carbocycles. The van der Waals surface area contributed by atoms with Crippen molar-refractivity contribution in [2.75, 3.05) is 14.1 Å². The largest absolute Gasteiger partial charge is 0.358 e. The van der Waals surface area contributed by atoms with Crippen molar-refractivity contribution in [1.82, 2.24) is 15.2 Å². The third-order valence-electron chi connectivity index (χ3n) is 2.98. The lowest BCUT2D eigenvalue weighted by Gasteiger charge is -2.16. The Balaban J connectivity index is 2.35. The fourth-order valence-electron chi connectivity index (χ4n) is 2.04. The molecule has 2 rings (SSSR count). The Bertz CT molecular complexity index is 545. The monoisotopic (exact) mass is 231 g/mol. The van der Waals surface area contributed by atoms with Gasteiger partial charge in [-0.3, -0.25) is 0 Å². The van der Waals surface area contributed by atoms with E-state index in [1.807, 2.05) is 25.1 Å². The average molecular weight is 231 g/mol. The molecule has 17 heavy (non-hydrogen) atoms. The summed E-state index contributed by atoms with van der Waals surface area (Å²) in [4.78, 5) is 16.5. The Morgan fingerprint density at radius 2 is 2.12 bits per heavy atom. The first-order valence-corrected chi connectivity index (χ1v) is 5.62. The molecule has 1 heterocycles. The molecular weight excluding hydrogens is 214 g/mol. The van der Waals surface area contributed by atoms with Gasteiger partial charge in [-0.25, -0.2) is 4.79 Å². The zero-order valence-electron chi connectivity index (χ0n) is 10.4. The van der Waals surface area contributed by atoms with Crippen LogP contribution in [0, 0.1) is 6.92 Å². The Labute approximate surface area is 101 Å². The van der Waals surface area contributed by atoms with Crippen LogP contribution in [0.25, 0.3) is 10.9 Å². The lowest BCUT2D eigenvalue weighted by atomic mass is 10.1. The van der Waals surface area contributed by atoms with Gasteiger partial charge >= 0.3 is 6.03 Å². The van der Waals surface area contributed by atoms with Crippen molar-refractivity contribution in [3.05, 3.63) is 35.5 Å². The van der Waals surface area contributed by atoms with E-state index in [-0.39, 0.29) is 6.03 Å². The van der Waals surface area contributed by atoms with Gasteiger partial charge in [0.2, 0.25) is 0 Å². The van der Waals surface area contributed by atoms with Gasteiger partial charge in [-0.1, -0.05) is 18.2 Å². The highest BCUT2D eigenvalue weighted by Gasteiger charge is 2.12. The number of hydrogen-bond donors (Lipinski definition) is 2. The predicted molar refractivity (Wildman–Crippen MR) is 69.0 cm³/mol. The summed E-state index contributed by atoms with van der Waals surface area (Å²) in [7, 11) is 3.43. The molecule has 0 bridgehead atoms. The summed E-state index contributed by atoms with van der Waals surface area (Å²) in [5.41, 5.74) is 3.40. The van der Waals surface area contributed by atoms with Crippen molar-refractivity contribution in [2.45, 2.75) is 13.5 Å². The number of urea groups is 1. The zero-order valence-corrected chi connectivity index (χ0v) is 10.4. The van der Waals surface area contributed by atoms with Gasteiger partial charge < -0.3 is 15.2 Å². The number of hydrogen-bond acceptors (Lipinski definition) is 1. The molecule has 1 aromatic carbocycles. The van der Waals surface area contributed by atoms with E-state index in [9.17, 15) is 4.79 Å². The minimum absolute atomic E-state index is 0.0744. The second-order valence-corrected chi connectivity index (χ2v) is 4.19. The second-order valence-electron chi connectivity index (χ2n) is 4.19. The van der Waals surface area contributed by atoms with E-state index in [0.717, 1.165) is 11.2 Å². The Kier molecular flexibility index (Phi) is 3.04. The molecule has 2 aromatic rings. The highest BCUT2D eigenvalue weighted by atomic mass is 16.2. The molecule has 0 aliphatic rings. The number of nitrogens with zero attached hydrogens (tertiary/aromatic N) is 1. The van der Waals surface area contributed by atoms with E-state index in [1.165, 1.54) is 10.9 Å². The maximum Gasteiger partial charge on any atom is 0.317 e.